The topological polar surface area (TPSA) is 69.0 Å². The van der Waals surface area contributed by atoms with Gasteiger partial charge in [-0.1, -0.05) is 30.3 Å². The summed E-state index contributed by atoms with van der Waals surface area (Å²) in [6.07, 6.45) is 5.02. The summed E-state index contributed by atoms with van der Waals surface area (Å²) in [5.74, 6) is 0.688. The Morgan fingerprint density at radius 2 is 2.00 bits per heavy atom. The molecule has 0 radical (unpaired) electrons. The van der Waals surface area contributed by atoms with Crippen LogP contribution in [0.25, 0.3) is 11.8 Å². The number of nitrogens with zero attached hydrogens (tertiary/aromatic N) is 3. The molecule has 1 unspecified atom stereocenters. The molecule has 2 aromatic carbocycles. The average Bonchev–Trinajstić information content (AvgIpc) is 3.22. The van der Waals surface area contributed by atoms with Gasteiger partial charge < -0.3 is 10.1 Å². The Labute approximate surface area is 151 Å². The Balaban J connectivity index is 1.45. The van der Waals surface area contributed by atoms with Crippen LogP contribution in [0.15, 0.2) is 66.8 Å². The number of carbonyl (C=O) groups excluding carboxylic acids is 1. The smallest absolute Gasteiger partial charge is 0.251 e. The van der Waals surface area contributed by atoms with Gasteiger partial charge in [0.25, 0.3) is 5.91 Å². The van der Waals surface area contributed by atoms with Gasteiger partial charge in [-0.05, 0) is 36.8 Å². The number of amides is 1. The van der Waals surface area contributed by atoms with Crippen LogP contribution in [-0.2, 0) is 4.79 Å². The molecule has 1 atom stereocenters. The first-order chi connectivity index (χ1) is 12.7. The van der Waals surface area contributed by atoms with Crippen LogP contribution in [0.5, 0.6) is 5.75 Å². The standard InChI is InChI=1S/C20H18N4O2/c1-14(15-6-8-18(9-7-15)24-13-21-12-22-24)23-20(25)17-10-16-4-2-3-5-19(16)26-11-17/h2-10,12-14H,11H2,1H3,(H,23,25). The second-order valence-corrected chi connectivity index (χ2v) is 6.12. The number of aromatic nitrogens is 3. The maximum absolute atomic E-state index is 12.6. The molecular formula is C20H18N4O2. The Bertz CT molecular complexity index is 946. The van der Waals surface area contributed by atoms with Crippen molar-refractivity contribution >= 4 is 12.0 Å². The number of hydrogen-bond acceptors (Lipinski definition) is 4. The molecule has 2 heterocycles. The van der Waals surface area contributed by atoms with E-state index in [0.717, 1.165) is 22.6 Å². The molecular weight excluding hydrogens is 328 g/mol. The zero-order valence-electron chi connectivity index (χ0n) is 14.3. The van der Waals surface area contributed by atoms with E-state index in [2.05, 4.69) is 15.4 Å². The van der Waals surface area contributed by atoms with Gasteiger partial charge in [0.1, 0.15) is 25.0 Å². The van der Waals surface area contributed by atoms with Crippen molar-refractivity contribution in [1.29, 1.82) is 0 Å². The number of benzene rings is 2. The van der Waals surface area contributed by atoms with Crippen LogP contribution in [0.3, 0.4) is 0 Å². The molecule has 1 aliphatic heterocycles. The minimum Gasteiger partial charge on any atom is -0.488 e. The molecule has 0 saturated carbocycles. The summed E-state index contributed by atoms with van der Waals surface area (Å²) in [6, 6.07) is 15.4. The quantitative estimate of drug-likeness (QED) is 0.789. The molecule has 1 amide bonds. The lowest BCUT2D eigenvalue weighted by molar-refractivity contribution is -0.118. The summed E-state index contributed by atoms with van der Waals surface area (Å²) in [7, 11) is 0. The summed E-state index contributed by atoms with van der Waals surface area (Å²) in [4.78, 5) is 16.5. The zero-order chi connectivity index (χ0) is 17.9. The van der Waals surface area contributed by atoms with Crippen molar-refractivity contribution < 1.29 is 9.53 Å². The normalized spacial score (nSPS) is 14.0. The van der Waals surface area contributed by atoms with Gasteiger partial charge in [-0.2, -0.15) is 5.10 Å². The molecule has 0 aliphatic carbocycles. The number of nitrogens with one attached hydrogen (secondary N) is 1. The molecule has 1 aromatic heterocycles. The molecule has 6 nitrogen and oxygen atoms in total. The SMILES string of the molecule is CC(NC(=O)C1=Cc2ccccc2OC1)c1ccc(-n2cncn2)cc1. The number of fused-ring (bicyclic) bond motifs is 1. The Morgan fingerprint density at radius 1 is 1.19 bits per heavy atom. The maximum Gasteiger partial charge on any atom is 0.251 e. The number of para-hydroxylation sites is 1. The fourth-order valence-corrected chi connectivity index (χ4v) is 2.88. The summed E-state index contributed by atoms with van der Waals surface area (Å²) in [5.41, 5.74) is 3.48. The molecule has 0 bridgehead atoms. The fraction of sp³-hybridized carbons (Fsp3) is 0.150. The van der Waals surface area contributed by atoms with Gasteiger partial charge in [0, 0.05) is 5.56 Å². The number of carbonyl (C=O) groups is 1. The molecule has 1 N–H and O–H groups in total. The van der Waals surface area contributed by atoms with Crippen molar-refractivity contribution in [3.63, 3.8) is 0 Å². The van der Waals surface area contributed by atoms with E-state index in [0.29, 0.717) is 5.57 Å². The van der Waals surface area contributed by atoms with Gasteiger partial charge in [-0.25, -0.2) is 9.67 Å². The number of rotatable bonds is 4. The average molecular weight is 346 g/mol. The van der Waals surface area contributed by atoms with E-state index < -0.39 is 0 Å². The largest absolute Gasteiger partial charge is 0.488 e. The summed E-state index contributed by atoms with van der Waals surface area (Å²) < 4.78 is 7.35. The monoisotopic (exact) mass is 346 g/mol. The lowest BCUT2D eigenvalue weighted by Gasteiger charge is -2.20. The third-order valence-electron chi connectivity index (χ3n) is 4.35. The van der Waals surface area contributed by atoms with Crippen molar-refractivity contribution in [3.8, 4) is 11.4 Å². The third-order valence-corrected chi connectivity index (χ3v) is 4.35. The van der Waals surface area contributed by atoms with Crippen molar-refractivity contribution in [3.05, 3.63) is 77.9 Å². The van der Waals surface area contributed by atoms with E-state index in [-0.39, 0.29) is 18.6 Å². The van der Waals surface area contributed by atoms with Crippen LogP contribution in [0.1, 0.15) is 24.1 Å². The lowest BCUT2D eigenvalue weighted by Crippen LogP contribution is -2.30. The van der Waals surface area contributed by atoms with Gasteiger partial charge in [-0.3, -0.25) is 4.79 Å². The number of ether oxygens (including phenoxy) is 1. The van der Waals surface area contributed by atoms with Gasteiger partial charge >= 0.3 is 0 Å². The van der Waals surface area contributed by atoms with E-state index in [1.807, 2.05) is 61.5 Å². The second kappa shape index (κ2) is 6.84. The molecule has 26 heavy (non-hydrogen) atoms. The van der Waals surface area contributed by atoms with E-state index in [1.54, 1.807) is 11.0 Å². The first kappa shape index (κ1) is 16.1. The molecule has 1 aliphatic rings. The van der Waals surface area contributed by atoms with Crippen LogP contribution < -0.4 is 10.1 Å². The molecule has 6 heteroatoms. The number of hydrogen-bond donors (Lipinski definition) is 1. The minimum absolute atomic E-state index is 0.118. The van der Waals surface area contributed by atoms with E-state index in [9.17, 15) is 4.79 Å². The first-order valence-electron chi connectivity index (χ1n) is 8.39. The van der Waals surface area contributed by atoms with Crippen LogP contribution in [0, 0.1) is 0 Å². The van der Waals surface area contributed by atoms with Crippen LogP contribution >= 0.6 is 0 Å². The Hall–Kier alpha value is -3.41. The van der Waals surface area contributed by atoms with Gasteiger partial charge in [0.05, 0.1) is 17.3 Å². The fourth-order valence-electron chi connectivity index (χ4n) is 2.88. The van der Waals surface area contributed by atoms with Crippen LogP contribution in [0.4, 0.5) is 0 Å². The van der Waals surface area contributed by atoms with Crippen molar-refractivity contribution in [2.75, 3.05) is 6.61 Å². The van der Waals surface area contributed by atoms with Crippen molar-refractivity contribution in [2.45, 2.75) is 13.0 Å². The molecule has 0 fully saturated rings. The van der Waals surface area contributed by atoms with E-state index in [1.165, 1.54) is 6.33 Å². The van der Waals surface area contributed by atoms with Crippen molar-refractivity contribution in [2.24, 2.45) is 0 Å². The molecule has 0 spiro atoms. The highest BCUT2D eigenvalue weighted by atomic mass is 16.5. The van der Waals surface area contributed by atoms with Gasteiger partial charge in [0.2, 0.25) is 0 Å². The maximum atomic E-state index is 12.6. The molecule has 4 rings (SSSR count). The third kappa shape index (κ3) is 3.21. The summed E-state index contributed by atoms with van der Waals surface area (Å²) >= 11 is 0. The van der Waals surface area contributed by atoms with E-state index >= 15 is 0 Å². The summed E-state index contributed by atoms with van der Waals surface area (Å²) in [5, 5.41) is 7.13. The Morgan fingerprint density at radius 3 is 2.77 bits per heavy atom. The predicted octanol–water partition coefficient (Wildman–Crippen LogP) is 2.92. The van der Waals surface area contributed by atoms with Crippen molar-refractivity contribution in [1.82, 2.24) is 20.1 Å². The molecule has 3 aromatic rings. The predicted molar refractivity (Wildman–Crippen MR) is 97.8 cm³/mol. The highest BCUT2D eigenvalue weighted by Crippen LogP contribution is 2.26. The summed E-state index contributed by atoms with van der Waals surface area (Å²) in [6.45, 7) is 2.24. The lowest BCUT2D eigenvalue weighted by atomic mass is 10.0. The van der Waals surface area contributed by atoms with Crippen LogP contribution in [-0.4, -0.2) is 27.3 Å². The molecule has 130 valence electrons. The highest BCUT2D eigenvalue weighted by molar-refractivity contribution is 5.99. The van der Waals surface area contributed by atoms with Gasteiger partial charge in [0.15, 0.2) is 0 Å². The minimum atomic E-state index is -0.120. The zero-order valence-corrected chi connectivity index (χ0v) is 14.3. The first-order valence-corrected chi connectivity index (χ1v) is 8.39. The highest BCUT2D eigenvalue weighted by Gasteiger charge is 2.19. The van der Waals surface area contributed by atoms with Crippen LogP contribution in [0.2, 0.25) is 0 Å². The van der Waals surface area contributed by atoms with E-state index in [4.69, 9.17) is 4.74 Å². The Kier molecular flexibility index (Phi) is 4.23. The second-order valence-electron chi connectivity index (χ2n) is 6.12. The van der Waals surface area contributed by atoms with Gasteiger partial charge in [-0.15, -0.1) is 0 Å². The molecule has 0 saturated heterocycles.